The fourth-order valence-corrected chi connectivity index (χ4v) is 2.90. The topological polar surface area (TPSA) is 20.2 Å². The largest absolute Gasteiger partial charge is 0.385 e. The van der Waals surface area contributed by atoms with Gasteiger partial charge in [-0.05, 0) is 47.3 Å². The van der Waals surface area contributed by atoms with Gasteiger partial charge in [0.1, 0.15) is 5.82 Å². The number of hydrogen-bond acceptors (Lipinski definition) is 1. The first-order valence-electron chi connectivity index (χ1n) is 4.40. The molecule has 2 rings (SSSR count). The van der Waals surface area contributed by atoms with Crippen molar-refractivity contribution >= 4 is 31.9 Å². The van der Waals surface area contributed by atoms with Gasteiger partial charge in [-0.15, -0.1) is 0 Å². The van der Waals surface area contributed by atoms with E-state index in [-0.39, 0.29) is 5.82 Å². The van der Waals surface area contributed by atoms with Crippen LogP contribution in [-0.4, -0.2) is 5.11 Å². The molecule has 0 saturated heterocycles. The summed E-state index contributed by atoms with van der Waals surface area (Å²) >= 11 is 6.41. The van der Waals surface area contributed by atoms with E-state index in [4.69, 9.17) is 0 Å². The first kappa shape index (κ1) is 10.6. The number of halogens is 3. The van der Waals surface area contributed by atoms with Gasteiger partial charge in [0.05, 0.1) is 10.1 Å². The van der Waals surface area contributed by atoms with Crippen LogP contribution in [0.15, 0.2) is 21.1 Å². The zero-order valence-corrected chi connectivity index (χ0v) is 10.5. The lowest BCUT2D eigenvalue weighted by Gasteiger charge is -2.37. The van der Waals surface area contributed by atoms with Gasteiger partial charge in [-0.1, -0.05) is 15.9 Å². The van der Waals surface area contributed by atoms with E-state index in [1.807, 2.05) is 0 Å². The van der Waals surface area contributed by atoms with Gasteiger partial charge >= 0.3 is 0 Å². The van der Waals surface area contributed by atoms with E-state index in [9.17, 15) is 9.50 Å². The summed E-state index contributed by atoms with van der Waals surface area (Å²) in [5, 5.41) is 10.0. The van der Waals surface area contributed by atoms with Gasteiger partial charge in [0.25, 0.3) is 0 Å². The van der Waals surface area contributed by atoms with Gasteiger partial charge in [0.2, 0.25) is 0 Å². The minimum atomic E-state index is -0.948. The molecule has 4 heteroatoms. The minimum Gasteiger partial charge on any atom is -0.385 e. The molecule has 1 N–H and O–H groups in total. The maximum atomic E-state index is 13.7. The molecular formula is C10H9Br2FO. The van der Waals surface area contributed by atoms with E-state index >= 15 is 0 Å². The van der Waals surface area contributed by atoms with Crippen LogP contribution in [0.2, 0.25) is 0 Å². The molecule has 14 heavy (non-hydrogen) atoms. The lowest BCUT2D eigenvalue weighted by molar-refractivity contribution is -0.0417. The fourth-order valence-electron chi connectivity index (χ4n) is 1.68. The average Bonchev–Trinajstić information content (AvgIpc) is 2.07. The van der Waals surface area contributed by atoms with Crippen molar-refractivity contribution < 1.29 is 9.50 Å². The third-order valence-electron chi connectivity index (χ3n) is 2.68. The molecule has 76 valence electrons. The highest BCUT2D eigenvalue weighted by atomic mass is 79.9. The number of aliphatic hydroxyl groups is 1. The van der Waals surface area contributed by atoms with Crippen LogP contribution in [0.5, 0.6) is 0 Å². The van der Waals surface area contributed by atoms with Gasteiger partial charge in [0.15, 0.2) is 0 Å². The van der Waals surface area contributed by atoms with Crippen molar-refractivity contribution in [3.05, 3.63) is 32.5 Å². The van der Waals surface area contributed by atoms with Crippen molar-refractivity contribution in [2.24, 2.45) is 0 Å². The highest BCUT2D eigenvalue weighted by molar-refractivity contribution is 9.11. The van der Waals surface area contributed by atoms with E-state index in [0.29, 0.717) is 22.9 Å². The molecule has 0 heterocycles. The molecule has 0 aromatic heterocycles. The Labute approximate surface area is 98.6 Å². The van der Waals surface area contributed by atoms with E-state index < -0.39 is 5.60 Å². The SMILES string of the molecule is OC1(c2cc(Br)cc(Br)c2F)CCC1. The summed E-state index contributed by atoms with van der Waals surface area (Å²) in [7, 11) is 0. The first-order valence-corrected chi connectivity index (χ1v) is 5.99. The third-order valence-corrected chi connectivity index (χ3v) is 3.71. The summed E-state index contributed by atoms with van der Waals surface area (Å²) in [4.78, 5) is 0. The Morgan fingerprint density at radius 3 is 2.43 bits per heavy atom. The average molecular weight is 324 g/mol. The summed E-state index contributed by atoms with van der Waals surface area (Å²) in [6, 6.07) is 3.29. The van der Waals surface area contributed by atoms with Crippen LogP contribution in [0.3, 0.4) is 0 Å². The highest BCUT2D eigenvalue weighted by Gasteiger charge is 2.39. The van der Waals surface area contributed by atoms with E-state index in [0.717, 1.165) is 10.9 Å². The predicted molar refractivity (Wildman–Crippen MR) is 59.5 cm³/mol. The van der Waals surface area contributed by atoms with Crippen LogP contribution < -0.4 is 0 Å². The van der Waals surface area contributed by atoms with Gasteiger partial charge < -0.3 is 5.11 Å². The lowest BCUT2D eigenvalue weighted by atomic mass is 9.75. The Morgan fingerprint density at radius 1 is 1.29 bits per heavy atom. The molecule has 0 bridgehead atoms. The van der Waals surface area contributed by atoms with Gasteiger partial charge in [-0.3, -0.25) is 0 Å². The Hall–Kier alpha value is 0.0700. The van der Waals surface area contributed by atoms with E-state index in [2.05, 4.69) is 31.9 Å². The molecular weight excluding hydrogens is 315 g/mol. The zero-order valence-electron chi connectivity index (χ0n) is 7.36. The summed E-state index contributed by atoms with van der Waals surface area (Å²) in [6.07, 6.45) is 2.25. The van der Waals surface area contributed by atoms with Crippen molar-refractivity contribution in [2.75, 3.05) is 0 Å². The number of rotatable bonds is 1. The molecule has 1 fully saturated rings. The molecule has 0 spiro atoms. The monoisotopic (exact) mass is 322 g/mol. The smallest absolute Gasteiger partial charge is 0.143 e. The van der Waals surface area contributed by atoms with Gasteiger partial charge in [-0.25, -0.2) is 4.39 Å². The Morgan fingerprint density at radius 2 is 1.93 bits per heavy atom. The molecule has 1 nitrogen and oxygen atoms in total. The van der Waals surface area contributed by atoms with Crippen molar-refractivity contribution in [3.63, 3.8) is 0 Å². The van der Waals surface area contributed by atoms with Crippen LogP contribution in [-0.2, 0) is 5.60 Å². The zero-order chi connectivity index (χ0) is 10.3. The summed E-state index contributed by atoms with van der Waals surface area (Å²) in [6.45, 7) is 0. The summed E-state index contributed by atoms with van der Waals surface area (Å²) < 4.78 is 14.8. The molecule has 0 unspecified atom stereocenters. The first-order chi connectivity index (χ1) is 6.53. The quantitative estimate of drug-likeness (QED) is 0.781. The summed E-state index contributed by atoms with van der Waals surface area (Å²) in [5.74, 6) is -0.351. The fraction of sp³-hybridized carbons (Fsp3) is 0.400. The summed E-state index contributed by atoms with van der Waals surface area (Å²) in [5.41, 5.74) is -0.555. The molecule has 0 atom stereocenters. The molecule has 1 saturated carbocycles. The van der Waals surface area contributed by atoms with Crippen molar-refractivity contribution in [2.45, 2.75) is 24.9 Å². The maximum absolute atomic E-state index is 13.7. The van der Waals surface area contributed by atoms with E-state index in [1.54, 1.807) is 12.1 Å². The van der Waals surface area contributed by atoms with Crippen LogP contribution in [0.4, 0.5) is 4.39 Å². The van der Waals surface area contributed by atoms with Crippen molar-refractivity contribution in [1.82, 2.24) is 0 Å². The van der Waals surface area contributed by atoms with Gasteiger partial charge in [-0.2, -0.15) is 0 Å². The second-order valence-electron chi connectivity index (χ2n) is 3.63. The second-order valence-corrected chi connectivity index (χ2v) is 5.40. The van der Waals surface area contributed by atoms with Crippen molar-refractivity contribution in [1.29, 1.82) is 0 Å². The maximum Gasteiger partial charge on any atom is 0.143 e. The molecule has 1 aromatic carbocycles. The molecule has 0 amide bonds. The number of hydrogen-bond donors (Lipinski definition) is 1. The minimum absolute atomic E-state index is 0.351. The van der Waals surface area contributed by atoms with Crippen LogP contribution >= 0.6 is 31.9 Å². The molecule has 0 aliphatic heterocycles. The molecule has 1 aromatic rings. The van der Waals surface area contributed by atoms with Crippen molar-refractivity contribution in [3.8, 4) is 0 Å². The normalized spacial score (nSPS) is 19.1. The highest BCUT2D eigenvalue weighted by Crippen LogP contribution is 2.44. The Kier molecular flexibility index (Phi) is 2.70. The van der Waals surface area contributed by atoms with Crippen LogP contribution in [0.1, 0.15) is 24.8 Å². The predicted octanol–water partition coefficient (Wildman–Crippen LogP) is 3.72. The van der Waals surface area contributed by atoms with E-state index in [1.165, 1.54) is 0 Å². The van der Waals surface area contributed by atoms with Crippen LogP contribution in [0.25, 0.3) is 0 Å². The lowest BCUT2D eigenvalue weighted by Crippen LogP contribution is -2.34. The van der Waals surface area contributed by atoms with Gasteiger partial charge in [0, 0.05) is 10.0 Å². The number of benzene rings is 1. The Balaban J connectivity index is 2.51. The molecule has 0 radical (unpaired) electrons. The molecule has 1 aliphatic carbocycles. The van der Waals surface area contributed by atoms with Crippen LogP contribution in [0, 0.1) is 5.82 Å². The second kappa shape index (κ2) is 3.58. The standard InChI is InChI=1S/C10H9Br2FO/c11-6-4-7(9(13)8(12)5-6)10(14)2-1-3-10/h4-5,14H,1-3H2. The molecule has 1 aliphatic rings. The third kappa shape index (κ3) is 1.64. The Bertz CT molecular complexity index is 375.